The molecule has 1 heterocycles. The van der Waals surface area contributed by atoms with Crippen LogP contribution < -0.4 is 4.72 Å². The average Bonchev–Trinajstić information content (AvgIpc) is 3.02. The van der Waals surface area contributed by atoms with Crippen LogP contribution in [-0.2, 0) is 16.4 Å². The van der Waals surface area contributed by atoms with Gasteiger partial charge in [-0.15, -0.1) is 10.2 Å². The van der Waals surface area contributed by atoms with Crippen LogP contribution in [0.2, 0.25) is 0 Å². The minimum absolute atomic E-state index is 0.273. The van der Waals surface area contributed by atoms with E-state index in [2.05, 4.69) is 21.8 Å². The highest BCUT2D eigenvalue weighted by Gasteiger charge is 2.19. The van der Waals surface area contributed by atoms with Gasteiger partial charge in [0.1, 0.15) is 5.01 Å². The van der Waals surface area contributed by atoms with Crippen LogP contribution in [0.25, 0.3) is 0 Å². The van der Waals surface area contributed by atoms with Crippen molar-refractivity contribution in [3.8, 4) is 0 Å². The number of aryl methyl sites for hydroxylation is 1. The second-order valence-electron chi connectivity index (χ2n) is 6.26. The van der Waals surface area contributed by atoms with Crippen LogP contribution in [0, 0.1) is 0 Å². The molecule has 1 aromatic carbocycles. The summed E-state index contributed by atoms with van der Waals surface area (Å²) in [4.78, 5) is 0.273. The van der Waals surface area contributed by atoms with Crippen molar-refractivity contribution in [2.45, 2.75) is 62.7 Å². The summed E-state index contributed by atoms with van der Waals surface area (Å²) >= 11 is 1.29. The predicted molar refractivity (Wildman–Crippen MR) is 97.0 cm³/mol. The van der Waals surface area contributed by atoms with E-state index in [0.717, 1.165) is 17.8 Å². The molecule has 5 nitrogen and oxygen atoms in total. The summed E-state index contributed by atoms with van der Waals surface area (Å²) < 4.78 is 27.5. The Kier molecular flexibility index (Phi) is 5.50. The molecule has 0 unspecified atom stereocenters. The van der Waals surface area contributed by atoms with E-state index in [-0.39, 0.29) is 4.90 Å². The van der Waals surface area contributed by atoms with Gasteiger partial charge in [0.25, 0.3) is 10.0 Å². The van der Waals surface area contributed by atoms with Crippen molar-refractivity contribution >= 4 is 26.5 Å². The highest BCUT2D eigenvalue weighted by molar-refractivity contribution is 7.93. The zero-order valence-electron chi connectivity index (χ0n) is 13.9. The fourth-order valence-electron chi connectivity index (χ4n) is 3.14. The fraction of sp³-hybridized carbons (Fsp3) is 0.529. The maximum Gasteiger partial charge on any atom is 0.263 e. The summed E-state index contributed by atoms with van der Waals surface area (Å²) in [6.45, 7) is 2.05. The van der Waals surface area contributed by atoms with E-state index < -0.39 is 10.0 Å². The molecule has 130 valence electrons. The normalized spacial score (nSPS) is 16.2. The fourth-order valence-corrected chi connectivity index (χ4v) is 5.21. The second-order valence-corrected chi connectivity index (χ2v) is 9.00. The molecule has 0 spiro atoms. The number of nitrogens with zero attached hydrogens (tertiary/aromatic N) is 2. The Hall–Kier alpha value is -1.47. The van der Waals surface area contributed by atoms with Gasteiger partial charge in [-0.1, -0.05) is 49.7 Å². The van der Waals surface area contributed by atoms with E-state index in [9.17, 15) is 8.42 Å². The van der Waals surface area contributed by atoms with Gasteiger partial charge >= 0.3 is 0 Å². The van der Waals surface area contributed by atoms with Crippen molar-refractivity contribution in [3.63, 3.8) is 0 Å². The topological polar surface area (TPSA) is 72.0 Å². The van der Waals surface area contributed by atoms with Gasteiger partial charge in [-0.05, 0) is 42.9 Å². The molecular formula is C17H23N3O2S2. The maximum absolute atomic E-state index is 12.5. The maximum atomic E-state index is 12.5. The van der Waals surface area contributed by atoms with Gasteiger partial charge < -0.3 is 0 Å². The third-order valence-electron chi connectivity index (χ3n) is 4.42. The van der Waals surface area contributed by atoms with Crippen LogP contribution >= 0.6 is 11.3 Å². The number of aromatic nitrogens is 2. The Bertz CT molecular complexity index is 763. The molecule has 0 amide bonds. The van der Waals surface area contributed by atoms with E-state index in [1.54, 1.807) is 12.1 Å². The third-order valence-corrected chi connectivity index (χ3v) is 6.80. The Morgan fingerprint density at radius 3 is 2.50 bits per heavy atom. The molecule has 2 aromatic rings. The lowest BCUT2D eigenvalue weighted by molar-refractivity contribution is 0.443. The molecule has 1 aliphatic carbocycles. The van der Waals surface area contributed by atoms with Crippen molar-refractivity contribution < 1.29 is 8.42 Å². The van der Waals surface area contributed by atoms with Crippen LogP contribution in [-0.4, -0.2) is 18.6 Å². The molecule has 1 aliphatic rings. The molecule has 0 saturated heterocycles. The molecule has 0 aliphatic heterocycles. The number of hydrogen-bond acceptors (Lipinski definition) is 5. The first-order valence-electron chi connectivity index (χ1n) is 8.53. The molecule has 24 heavy (non-hydrogen) atoms. The van der Waals surface area contributed by atoms with Gasteiger partial charge in [0.15, 0.2) is 0 Å². The lowest BCUT2D eigenvalue weighted by atomic mass is 9.84. The lowest BCUT2D eigenvalue weighted by Crippen LogP contribution is -2.13. The Morgan fingerprint density at radius 2 is 1.83 bits per heavy atom. The quantitative estimate of drug-likeness (QED) is 0.826. The molecule has 1 saturated carbocycles. The second kappa shape index (κ2) is 7.61. The van der Waals surface area contributed by atoms with Gasteiger partial charge in [0, 0.05) is 6.42 Å². The van der Waals surface area contributed by atoms with Crippen molar-refractivity contribution in [1.82, 2.24) is 10.2 Å². The van der Waals surface area contributed by atoms with Crippen LogP contribution in [0.3, 0.4) is 0 Å². The molecule has 3 rings (SSSR count). The minimum Gasteiger partial charge on any atom is -0.253 e. The van der Waals surface area contributed by atoms with Crippen molar-refractivity contribution in [2.75, 3.05) is 4.72 Å². The van der Waals surface area contributed by atoms with Gasteiger partial charge in [0.05, 0.1) is 4.90 Å². The van der Waals surface area contributed by atoms with Crippen molar-refractivity contribution in [3.05, 3.63) is 34.8 Å². The molecule has 1 fully saturated rings. The first-order valence-corrected chi connectivity index (χ1v) is 10.8. The largest absolute Gasteiger partial charge is 0.263 e. The van der Waals surface area contributed by atoms with E-state index >= 15 is 0 Å². The van der Waals surface area contributed by atoms with Crippen LogP contribution in [0.4, 0.5) is 5.13 Å². The highest BCUT2D eigenvalue weighted by atomic mass is 32.2. The first kappa shape index (κ1) is 17.4. The summed E-state index contributed by atoms with van der Waals surface area (Å²) in [7, 11) is -3.60. The summed E-state index contributed by atoms with van der Waals surface area (Å²) in [6, 6.07) is 7.29. The van der Waals surface area contributed by atoms with E-state index in [1.165, 1.54) is 49.0 Å². The summed E-state index contributed by atoms with van der Waals surface area (Å²) in [5.41, 5.74) is 1.25. The number of nitrogens with one attached hydrogen (secondary N) is 1. The standard InChI is InChI=1S/C17H23N3O2S2/c1-2-6-16-18-19-17(23-16)20-24(21,22)15-11-9-14(10-12-15)13-7-4-3-5-8-13/h9-13H,2-8H2,1H3,(H,19,20). The smallest absolute Gasteiger partial charge is 0.253 e. The molecule has 0 radical (unpaired) electrons. The number of hydrogen-bond donors (Lipinski definition) is 1. The van der Waals surface area contributed by atoms with Gasteiger partial charge in [-0.2, -0.15) is 0 Å². The Morgan fingerprint density at radius 1 is 1.12 bits per heavy atom. The van der Waals surface area contributed by atoms with Crippen molar-refractivity contribution in [2.24, 2.45) is 0 Å². The third kappa shape index (κ3) is 4.13. The molecule has 0 atom stereocenters. The highest BCUT2D eigenvalue weighted by Crippen LogP contribution is 2.33. The van der Waals surface area contributed by atoms with Gasteiger partial charge in [-0.25, -0.2) is 8.42 Å². The predicted octanol–water partition coefficient (Wildman–Crippen LogP) is 4.34. The number of anilines is 1. The van der Waals surface area contributed by atoms with Crippen LogP contribution in [0.1, 0.15) is 61.9 Å². The monoisotopic (exact) mass is 365 g/mol. The number of sulfonamides is 1. The van der Waals surface area contributed by atoms with E-state index in [1.807, 2.05) is 12.1 Å². The molecule has 1 N–H and O–H groups in total. The Labute approximate surface area is 147 Å². The molecule has 0 bridgehead atoms. The van der Waals surface area contributed by atoms with E-state index in [0.29, 0.717) is 11.0 Å². The van der Waals surface area contributed by atoms with Crippen LogP contribution in [0.15, 0.2) is 29.2 Å². The molecular weight excluding hydrogens is 342 g/mol. The van der Waals surface area contributed by atoms with Crippen molar-refractivity contribution in [1.29, 1.82) is 0 Å². The van der Waals surface area contributed by atoms with Crippen LogP contribution in [0.5, 0.6) is 0 Å². The summed E-state index contributed by atoms with van der Waals surface area (Å²) in [6.07, 6.45) is 8.03. The first-order chi connectivity index (χ1) is 11.6. The molecule has 1 aromatic heterocycles. The zero-order chi connectivity index (χ0) is 17.0. The summed E-state index contributed by atoms with van der Waals surface area (Å²) in [5.74, 6) is 0.572. The van der Waals surface area contributed by atoms with Gasteiger partial charge in [-0.3, -0.25) is 4.72 Å². The Balaban J connectivity index is 1.71. The zero-order valence-corrected chi connectivity index (χ0v) is 15.5. The average molecular weight is 366 g/mol. The SMILES string of the molecule is CCCc1nnc(NS(=O)(=O)c2ccc(C3CCCCC3)cc2)s1. The lowest BCUT2D eigenvalue weighted by Gasteiger charge is -2.22. The van der Waals surface area contributed by atoms with E-state index in [4.69, 9.17) is 0 Å². The summed E-state index contributed by atoms with van der Waals surface area (Å²) in [5, 5.41) is 9.09. The number of rotatable bonds is 6. The van der Waals surface area contributed by atoms with Gasteiger partial charge in [0.2, 0.25) is 5.13 Å². The minimum atomic E-state index is -3.60. The number of benzene rings is 1. The molecule has 7 heteroatoms.